The van der Waals surface area contributed by atoms with E-state index in [0.29, 0.717) is 18.5 Å². The number of nitrogens with one attached hydrogen (secondary N) is 2. The van der Waals surface area contributed by atoms with Crippen molar-refractivity contribution in [3.8, 4) is 0 Å². The molecule has 0 radical (unpaired) electrons. The Morgan fingerprint density at radius 2 is 1.76 bits per heavy atom. The molecule has 2 aromatic carbocycles. The Morgan fingerprint density at radius 3 is 2.62 bits per heavy atom. The summed E-state index contributed by atoms with van der Waals surface area (Å²) in [5.41, 5.74) is 6.69. The SMILES string of the molecule is Cc1cccc(Nc2ccccc2C(=O)NCCc2cn3ccccc3n2)c1C. The molecule has 29 heavy (non-hydrogen) atoms. The number of carbonyl (C=O) groups excluding carboxylic acids is 1. The summed E-state index contributed by atoms with van der Waals surface area (Å²) in [5, 5.41) is 6.43. The summed E-state index contributed by atoms with van der Waals surface area (Å²) in [5.74, 6) is -0.0952. The normalized spacial score (nSPS) is 10.8. The molecule has 2 aromatic heterocycles. The van der Waals surface area contributed by atoms with E-state index >= 15 is 0 Å². The van der Waals surface area contributed by atoms with Crippen LogP contribution in [0, 0.1) is 13.8 Å². The van der Waals surface area contributed by atoms with Crippen molar-refractivity contribution in [3.05, 3.63) is 95.4 Å². The Morgan fingerprint density at radius 1 is 0.966 bits per heavy atom. The van der Waals surface area contributed by atoms with E-state index < -0.39 is 0 Å². The second-order valence-corrected chi connectivity index (χ2v) is 7.12. The molecule has 0 fully saturated rings. The fourth-order valence-electron chi connectivity index (χ4n) is 3.33. The Labute approximate surface area is 170 Å². The molecule has 0 saturated heterocycles. The number of benzene rings is 2. The lowest BCUT2D eigenvalue weighted by atomic mass is 10.1. The lowest BCUT2D eigenvalue weighted by molar-refractivity contribution is 0.0955. The van der Waals surface area contributed by atoms with Gasteiger partial charge in [0.1, 0.15) is 5.65 Å². The summed E-state index contributed by atoms with van der Waals surface area (Å²) in [6.07, 6.45) is 4.65. The second kappa shape index (κ2) is 8.19. The van der Waals surface area contributed by atoms with Crippen molar-refractivity contribution in [3.63, 3.8) is 0 Å². The van der Waals surface area contributed by atoms with Gasteiger partial charge in [-0.2, -0.15) is 0 Å². The van der Waals surface area contributed by atoms with Gasteiger partial charge in [-0.3, -0.25) is 4.79 Å². The molecule has 1 amide bonds. The maximum atomic E-state index is 12.8. The molecule has 0 spiro atoms. The maximum Gasteiger partial charge on any atom is 0.253 e. The molecule has 4 aromatic rings. The highest BCUT2D eigenvalue weighted by Gasteiger charge is 2.12. The second-order valence-electron chi connectivity index (χ2n) is 7.12. The molecule has 0 unspecified atom stereocenters. The number of aryl methyl sites for hydroxylation is 1. The van der Waals surface area contributed by atoms with E-state index in [4.69, 9.17) is 0 Å². The molecular formula is C24H24N4O. The Bertz CT molecular complexity index is 1130. The fraction of sp³-hybridized carbons (Fsp3) is 0.167. The summed E-state index contributed by atoms with van der Waals surface area (Å²) in [6, 6.07) is 19.6. The Kier molecular flexibility index (Phi) is 5.29. The van der Waals surface area contributed by atoms with Crippen LogP contribution in [0.3, 0.4) is 0 Å². The quantitative estimate of drug-likeness (QED) is 0.508. The molecule has 0 aliphatic heterocycles. The minimum Gasteiger partial charge on any atom is -0.355 e. The number of amides is 1. The summed E-state index contributed by atoms with van der Waals surface area (Å²) < 4.78 is 1.99. The third-order valence-corrected chi connectivity index (χ3v) is 5.13. The molecule has 2 heterocycles. The zero-order chi connectivity index (χ0) is 20.2. The summed E-state index contributed by atoms with van der Waals surface area (Å²) in [7, 11) is 0. The number of aromatic nitrogens is 2. The zero-order valence-electron chi connectivity index (χ0n) is 16.6. The van der Waals surface area contributed by atoms with Gasteiger partial charge in [-0.15, -0.1) is 0 Å². The highest BCUT2D eigenvalue weighted by atomic mass is 16.1. The van der Waals surface area contributed by atoms with Crippen molar-refractivity contribution in [1.82, 2.24) is 14.7 Å². The van der Waals surface area contributed by atoms with Gasteiger partial charge in [-0.05, 0) is 55.3 Å². The predicted molar refractivity (Wildman–Crippen MR) is 117 cm³/mol. The van der Waals surface area contributed by atoms with Crippen LogP contribution in [0.25, 0.3) is 5.65 Å². The molecule has 0 atom stereocenters. The van der Waals surface area contributed by atoms with Gasteiger partial charge >= 0.3 is 0 Å². The van der Waals surface area contributed by atoms with Crippen LogP contribution >= 0.6 is 0 Å². The van der Waals surface area contributed by atoms with E-state index in [0.717, 1.165) is 22.7 Å². The van der Waals surface area contributed by atoms with Gasteiger partial charge in [-0.25, -0.2) is 4.98 Å². The number of imidazole rings is 1. The van der Waals surface area contributed by atoms with Crippen molar-refractivity contribution < 1.29 is 4.79 Å². The summed E-state index contributed by atoms with van der Waals surface area (Å²) in [6.45, 7) is 4.69. The molecule has 2 N–H and O–H groups in total. The van der Waals surface area contributed by atoms with Crippen LogP contribution in [-0.4, -0.2) is 21.8 Å². The number of rotatable bonds is 6. The van der Waals surface area contributed by atoms with E-state index in [1.807, 2.05) is 71.4 Å². The first-order chi connectivity index (χ1) is 14.1. The zero-order valence-corrected chi connectivity index (χ0v) is 16.6. The Hall–Kier alpha value is -3.60. The largest absolute Gasteiger partial charge is 0.355 e. The van der Waals surface area contributed by atoms with Crippen LogP contribution in [0.5, 0.6) is 0 Å². The summed E-state index contributed by atoms with van der Waals surface area (Å²) >= 11 is 0. The summed E-state index contributed by atoms with van der Waals surface area (Å²) in [4.78, 5) is 17.4. The first-order valence-corrected chi connectivity index (χ1v) is 9.75. The van der Waals surface area contributed by atoms with E-state index in [-0.39, 0.29) is 5.91 Å². The minimum absolute atomic E-state index is 0.0952. The molecule has 4 rings (SSSR count). The van der Waals surface area contributed by atoms with Gasteiger partial charge in [0.2, 0.25) is 0 Å². The van der Waals surface area contributed by atoms with Crippen LogP contribution in [0.2, 0.25) is 0 Å². The monoisotopic (exact) mass is 384 g/mol. The molecule has 5 heteroatoms. The number of pyridine rings is 1. The van der Waals surface area contributed by atoms with Crippen LogP contribution in [-0.2, 0) is 6.42 Å². The molecular weight excluding hydrogens is 360 g/mol. The van der Waals surface area contributed by atoms with E-state index in [1.165, 1.54) is 11.1 Å². The lowest BCUT2D eigenvalue weighted by Gasteiger charge is -2.15. The molecule has 0 saturated carbocycles. The van der Waals surface area contributed by atoms with Gasteiger partial charge in [0, 0.05) is 31.0 Å². The number of hydrogen-bond acceptors (Lipinski definition) is 3. The average Bonchev–Trinajstić information content (AvgIpc) is 3.14. The molecule has 0 bridgehead atoms. The van der Waals surface area contributed by atoms with Crippen molar-refractivity contribution >= 4 is 22.9 Å². The molecule has 146 valence electrons. The number of nitrogens with zero attached hydrogens (tertiary/aromatic N) is 2. The van der Waals surface area contributed by atoms with Crippen molar-refractivity contribution in [1.29, 1.82) is 0 Å². The third-order valence-electron chi connectivity index (χ3n) is 5.13. The number of carbonyl (C=O) groups is 1. The number of para-hydroxylation sites is 1. The van der Waals surface area contributed by atoms with Gasteiger partial charge in [-0.1, -0.05) is 30.3 Å². The first-order valence-electron chi connectivity index (χ1n) is 9.75. The standard InChI is InChI=1S/C24H24N4O/c1-17-8-7-11-21(18(17)2)27-22-10-4-3-9-20(22)24(29)25-14-13-19-16-28-15-6-5-12-23(28)26-19/h3-12,15-16,27H,13-14H2,1-2H3,(H,25,29). The van der Waals surface area contributed by atoms with Gasteiger partial charge in [0.05, 0.1) is 16.9 Å². The number of hydrogen-bond donors (Lipinski definition) is 2. The Balaban J connectivity index is 1.44. The topological polar surface area (TPSA) is 58.4 Å². The maximum absolute atomic E-state index is 12.8. The van der Waals surface area contributed by atoms with Crippen molar-refractivity contribution in [2.24, 2.45) is 0 Å². The third kappa shape index (κ3) is 4.14. The van der Waals surface area contributed by atoms with Crippen LogP contribution in [0.1, 0.15) is 27.2 Å². The number of fused-ring (bicyclic) bond motifs is 1. The minimum atomic E-state index is -0.0952. The van der Waals surface area contributed by atoms with Crippen LogP contribution in [0.4, 0.5) is 11.4 Å². The van der Waals surface area contributed by atoms with Gasteiger partial charge < -0.3 is 15.0 Å². The van der Waals surface area contributed by atoms with Crippen LogP contribution < -0.4 is 10.6 Å². The van der Waals surface area contributed by atoms with Crippen molar-refractivity contribution in [2.75, 3.05) is 11.9 Å². The van der Waals surface area contributed by atoms with E-state index in [9.17, 15) is 4.79 Å². The highest BCUT2D eigenvalue weighted by molar-refractivity contribution is 6.00. The van der Waals surface area contributed by atoms with Crippen molar-refractivity contribution in [2.45, 2.75) is 20.3 Å². The average molecular weight is 384 g/mol. The lowest BCUT2D eigenvalue weighted by Crippen LogP contribution is -2.26. The smallest absolute Gasteiger partial charge is 0.253 e. The predicted octanol–water partition coefficient (Wildman–Crippen LogP) is 4.67. The van der Waals surface area contributed by atoms with E-state index in [1.54, 1.807) is 0 Å². The molecule has 5 nitrogen and oxygen atoms in total. The highest BCUT2D eigenvalue weighted by Crippen LogP contribution is 2.25. The molecule has 0 aliphatic rings. The van der Waals surface area contributed by atoms with Gasteiger partial charge in [0.25, 0.3) is 5.91 Å². The van der Waals surface area contributed by atoms with Crippen LogP contribution in [0.15, 0.2) is 73.1 Å². The molecule has 0 aliphatic carbocycles. The number of anilines is 2. The van der Waals surface area contributed by atoms with E-state index in [2.05, 4.69) is 35.5 Å². The fourth-order valence-corrected chi connectivity index (χ4v) is 3.33. The van der Waals surface area contributed by atoms with Gasteiger partial charge in [0.15, 0.2) is 0 Å². The first kappa shape index (κ1) is 18.7.